The second kappa shape index (κ2) is 8.67. The van der Waals surface area contributed by atoms with E-state index in [4.69, 9.17) is 11.6 Å². The molecular weight excluding hydrogens is 342 g/mol. The fourth-order valence-corrected chi connectivity index (χ4v) is 2.89. The van der Waals surface area contributed by atoms with Crippen LogP contribution in [0.2, 0.25) is 5.02 Å². The van der Waals surface area contributed by atoms with Crippen molar-refractivity contribution in [2.75, 3.05) is 6.54 Å². The maximum absolute atomic E-state index is 12.5. The Kier molecular flexibility index (Phi) is 6.58. The lowest BCUT2D eigenvalue weighted by Crippen LogP contribution is -2.33. The van der Waals surface area contributed by atoms with Gasteiger partial charge in [-0.3, -0.25) is 9.59 Å². The van der Waals surface area contributed by atoms with Gasteiger partial charge in [-0.25, -0.2) is 4.68 Å². The van der Waals surface area contributed by atoms with Gasteiger partial charge in [-0.05, 0) is 31.0 Å². The van der Waals surface area contributed by atoms with Crippen LogP contribution in [0.25, 0.3) is 5.69 Å². The third-order valence-electron chi connectivity index (χ3n) is 4.00. The normalized spacial score (nSPS) is 12.0. The molecule has 1 amide bonds. The van der Waals surface area contributed by atoms with E-state index in [1.165, 1.54) is 6.20 Å². The number of amides is 1. The van der Waals surface area contributed by atoms with Gasteiger partial charge >= 0.3 is 5.97 Å². The van der Waals surface area contributed by atoms with Gasteiger partial charge in [0.15, 0.2) is 0 Å². The molecule has 0 saturated carbocycles. The van der Waals surface area contributed by atoms with E-state index in [1.54, 1.807) is 16.8 Å². The van der Waals surface area contributed by atoms with Crippen LogP contribution in [0.1, 0.15) is 42.7 Å². The summed E-state index contributed by atoms with van der Waals surface area (Å²) >= 11 is 6.03. The number of aromatic nitrogens is 2. The second-order valence-corrected chi connectivity index (χ2v) is 6.22. The van der Waals surface area contributed by atoms with Crippen LogP contribution in [0, 0.1) is 5.92 Å². The van der Waals surface area contributed by atoms with E-state index in [0.29, 0.717) is 23.4 Å². The van der Waals surface area contributed by atoms with Gasteiger partial charge < -0.3 is 10.4 Å². The second-order valence-electron chi connectivity index (χ2n) is 5.78. The number of carbonyl (C=O) groups excluding carboxylic acids is 1. The Balaban J connectivity index is 2.19. The largest absolute Gasteiger partial charge is 0.481 e. The van der Waals surface area contributed by atoms with Crippen molar-refractivity contribution in [3.05, 3.63) is 46.7 Å². The minimum Gasteiger partial charge on any atom is -0.481 e. The summed E-state index contributed by atoms with van der Waals surface area (Å²) in [6.07, 6.45) is 3.38. The van der Waals surface area contributed by atoms with Crippen LogP contribution in [0.5, 0.6) is 0 Å². The first kappa shape index (κ1) is 19.0. The van der Waals surface area contributed by atoms with Crippen LogP contribution in [0.4, 0.5) is 0 Å². The van der Waals surface area contributed by atoms with E-state index in [1.807, 2.05) is 26.0 Å². The van der Waals surface area contributed by atoms with Crippen molar-refractivity contribution in [2.24, 2.45) is 5.92 Å². The van der Waals surface area contributed by atoms with E-state index >= 15 is 0 Å². The first-order valence-corrected chi connectivity index (χ1v) is 8.69. The molecule has 1 aromatic heterocycles. The number of benzene rings is 1. The monoisotopic (exact) mass is 363 g/mol. The zero-order valence-corrected chi connectivity index (χ0v) is 15.1. The average Bonchev–Trinajstić information content (AvgIpc) is 3.02. The number of carboxylic acids is 1. The van der Waals surface area contributed by atoms with Gasteiger partial charge in [-0.15, -0.1) is 0 Å². The highest BCUT2D eigenvalue weighted by Crippen LogP contribution is 2.19. The Morgan fingerprint density at radius 3 is 2.72 bits per heavy atom. The predicted octanol–water partition coefficient (Wildman–Crippen LogP) is 3.32. The molecule has 0 bridgehead atoms. The lowest BCUT2D eigenvalue weighted by atomic mass is 10.0. The molecule has 0 spiro atoms. The molecule has 7 heteroatoms. The highest BCUT2D eigenvalue weighted by atomic mass is 35.5. The van der Waals surface area contributed by atoms with Crippen molar-refractivity contribution < 1.29 is 14.7 Å². The van der Waals surface area contributed by atoms with Crippen molar-refractivity contribution >= 4 is 23.5 Å². The summed E-state index contributed by atoms with van der Waals surface area (Å²) in [5.74, 6) is -1.79. The van der Waals surface area contributed by atoms with E-state index in [0.717, 1.165) is 17.8 Å². The van der Waals surface area contributed by atoms with Crippen LogP contribution >= 0.6 is 11.6 Å². The van der Waals surface area contributed by atoms with Crippen molar-refractivity contribution in [3.8, 4) is 5.69 Å². The van der Waals surface area contributed by atoms with Gasteiger partial charge in [0.25, 0.3) is 5.91 Å². The zero-order valence-electron chi connectivity index (χ0n) is 14.3. The molecule has 1 aromatic carbocycles. The number of aliphatic carboxylic acids is 1. The number of carboxylic acid groups (broad SMARTS) is 1. The van der Waals surface area contributed by atoms with Crippen molar-refractivity contribution in [2.45, 2.75) is 33.1 Å². The maximum atomic E-state index is 12.5. The SMILES string of the molecule is CCCC(CNC(=O)c1cnn(-c2cccc(Cl)c2)c1CC)C(=O)O. The number of nitrogens with one attached hydrogen (secondary N) is 1. The molecule has 1 atom stereocenters. The summed E-state index contributed by atoms with van der Waals surface area (Å²) in [6.45, 7) is 3.96. The Morgan fingerprint density at radius 2 is 2.12 bits per heavy atom. The molecule has 0 aliphatic carbocycles. The van der Waals surface area contributed by atoms with Gasteiger partial charge in [0.2, 0.25) is 0 Å². The van der Waals surface area contributed by atoms with Crippen LogP contribution in [0.15, 0.2) is 30.5 Å². The molecule has 2 aromatic rings. The topological polar surface area (TPSA) is 84.2 Å². The molecule has 0 aliphatic rings. The number of hydrogen-bond donors (Lipinski definition) is 2. The molecule has 0 radical (unpaired) electrons. The molecule has 134 valence electrons. The molecule has 1 heterocycles. The van der Waals surface area contributed by atoms with Crippen molar-refractivity contribution in [3.63, 3.8) is 0 Å². The van der Waals surface area contributed by atoms with E-state index < -0.39 is 11.9 Å². The van der Waals surface area contributed by atoms with Gasteiger partial charge in [0.05, 0.1) is 29.1 Å². The standard InChI is InChI=1S/C18H22ClN3O3/c1-3-6-12(18(24)25)10-20-17(23)15-11-21-22(16(15)4-2)14-8-5-7-13(19)9-14/h5,7-9,11-12H,3-4,6,10H2,1-2H3,(H,20,23)(H,24,25). The lowest BCUT2D eigenvalue weighted by molar-refractivity contribution is -0.141. The minimum absolute atomic E-state index is 0.105. The summed E-state index contributed by atoms with van der Waals surface area (Å²) in [6, 6.07) is 7.23. The quantitative estimate of drug-likeness (QED) is 0.753. The van der Waals surface area contributed by atoms with Crippen LogP contribution < -0.4 is 5.32 Å². The average molecular weight is 364 g/mol. The van der Waals surface area contributed by atoms with E-state index in [-0.39, 0.29) is 12.5 Å². The Labute approximate surface area is 151 Å². The van der Waals surface area contributed by atoms with E-state index in [9.17, 15) is 14.7 Å². The highest BCUT2D eigenvalue weighted by Gasteiger charge is 2.21. The lowest BCUT2D eigenvalue weighted by Gasteiger charge is -2.13. The molecule has 2 N–H and O–H groups in total. The minimum atomic E-state index is -0.896. The number of hydrogen-bond acceptors (Lipinski definition) is 3. The van der Waals surface area contributed by atoms with Crippen LogP contribution in [0.3, 0.4) is 0 Å². The molecule has 25 heavy (non-hydrogen) atoms. The van der Waals surface area contributed by atoms with Crippen LogP contribution in [-0.2, 0) is 11.2 Å². The summed E-state index contributed by atoms with van der Waals surface area (Å²) in [7, 11) is 0. The third-order valence-corrected chi connectivity index (χ3v) is 4.23. The van der Waals surface area contributed by atoms with Crippen molar-refractivity contribution in [1.29, 1.82) is 0 Å². The van der Waals surface area contributed by atoms with Crippen LogP contribution in [-0.4, -0.2) is 33.3 Å². The van der Waals surface area contributed by atoms with Crippen molar-refractivity contribution in [1.82, 2.24) is 15.1 Å². The van der Waals surface area contributed by atoms with Gasteiger partial charge in [0.1, 0.15) is 0 Å². The Hall–Kier alpha value is -2.34. The maximum Gasteiger partial charge on any atom is 0.308 e. The fraction of sp³-hybridized carbons (Fsp3) is 0.389. The molecular formula is C18H22ClN3O3. The molecule has 2 rings (SSSR count). The Morgan fingerprint density at radius 1 is 1.36 bits per heavy atom. The fourth-order valence-electron chi connectivity index (χ4n) is 2.71. The first-order valence-electron chi connectivity index (χ1n) is 8.31. The molecule has 0 fully saturated rings. The zero-order chi connectivity index (χ0) is 18.4. The van der Waals surface area contributed by atoms with E-state index in [2.05, 4.69) is 10.4 Å². The molecule has 6 nitrogen and oxygen atoms in total. The summed E-state index contributed by atoms with van der Waals surface area (Å²) in [5.41, 5.74) is 1.98. The number of rotatable bonds is 8. The summed E-state index contributed by atoms with van der Waals surface area (Å²) < 4.78 is 1.68. The molecule has 0 aliphatic heterocycles. The summed E-state index contributed by atoms with van der Waals surface area (Å²) in [5, 5.41) is 16.8. The van der Waals surface area contributed by atoms with Gasteiger partial charge in [0, 0.05) is 11.6 Å². The predicted molar refractivity (Wildman–Crippen MR) is 96.3 cm³/mol. The molecule has 0 saturated heterocycles. The smallest absolute Gasteiger partial charge is 0.308 e. The Bertz CT molecular complexity index is 758. The number of halogens is 1. The number of nitrogens with zero attached hydrogens (tertiary/aromatic N) is 2. The van der Waals surface area contributed by atoms with Gasteiger partial charge in [-0.2, -0.15) is 5.10 Å². The summed E-state index contributed by atoms with van der Waals surface area (Å²) in [4.78, 5) is 23.7. The number of carbonyl (C=O) groups is 2. The highest BCUT2D eigenvalue weighted by molar-refractivity contribution is 6.30. The van der Waals surface area contributed by atoms with Gasteiger partial charge in [-0.1, -0.05) is 37.9 Å². The molecule has 1 unspecified atom stereocenters. The first-order chi connectivity index (χ1) is 12.0. The third kappa shape index (κ3) is 4.60.